The Bertz CT molecular complexity index is 463. The molecule has 0 N–H and O–H groups in total. The Kier molecular flexibility index (Phi) is 2.74. The van der Waals surface area contributed by atoms with Crippen molar-refractivity contribution in [1.29, 1.82) is 0 Å². The second-order valence-electron chi connectivity index (χ2n) is 3.04. The van der Waals surface area contributed by atoms with Crippen molar-refractivity contribution in [2.75, 3.05) is 0 Å². The zero-order valence-corrected chi connectivity index (χ0v) is 10.7. The standard InChI is InChI=1S/C10H8Br2N2/c1-7-4-8(2-3-9(7)11)14-5-10(12)13-6-14/h2-6H,1H3. The van der Waals surface area contributed by atoms with Gasteiger partial charge in [-0.2, -0.15) is 0 Å². The molecule has 0 saturated carbocycles. The quantitative estimate of drug-likeness (QED) is 0.784. The zero-order valence-electron chi connectivity index (χ0n) is 7.54. The summed E-state index contributed by atoms with van der Waals surface area (Å²) in [4.78, 5) is 4.11. The van der Waals surface area contributed by atoms with Gasteiger partial charge < -0.3 is 4.57 Å². The van der Waals surface area contributed by atoms with Crippen LogP contribution in [-0.2, 0) is 0 Å². The summed E-state index contributed by atoms with van der Waals surface area (Å²) in [5.74, 6) is 0. The van der Waals surface area contributed by atoms with Crippen molar-refractivity contribution in [3.8, 4) is 5.69 Å². The number of aryl methyl sites for hydroxylation is 1. The van der Waals surface area contributed by atoms with Gasteiger partial charge in [0.05, 0.1) is 0 Å². The average Bonchev–Trinajstić information content (AvgIpc) is 2.57. The Hall–Kier alpha value is -0.610. The van der Waals surface area contributed by atoms with Gasteiger partial charge in [0, 0.05) is 16.4 Å². The normalized spacial score (nSPS) is 10.5. The van der Waals surface area contributed by atoms with Crippen LogP contribution in [0, 0.1) is 6.92 Å². The van der Waals surface area contributed by atoms with Crippen LogP contribution in [0.5, 0.6) is 0 Å². The van der Waals surface area contributed by atoms with E-state index in [4.69, 9.17) is 0 Å². The lowest BCUT2D eigenvalue weighted by Gasteiger charge is -2.04. The lowest BCUT2D eigenvalue weighted by Crippen LogP contribution is -1.90. The molecule has 14 heavy (non-hydrogen) atoms. The molecule has 4 heteroatoms. The Balaban J connectivity index is 2.47. The van der Waals surface area contributed by atoms with Gasteiger partial charge in [0.15, 0.2) is 0 Å². The fraction of sp³-hybridized carbons (Fsp3) is 0.100. The van der Waals surface area contributed by atoms with Crippen molar-refractivity contribution in [3.05, 3.63) is 45.4 Å². The highest BCUT2D eigenvalue weighted by Gasteiger charge is 2.00. The molecule has 0 radical (unpaired) electrons. The van der Waals surface area contributed by atoms with E-state index in [1.165, 1.54) is 5.56 Å². The van der Waals surface area contributed by atoms with Crippen molar-refractivity contribution < 1.29 is 0 Å². The van der Waals surface area contributed by atoms with Crippen molar-refractivity contribution in [2.24, 2.45) is 0 Å². The minimum absolute atomic E-state index is 0.845. The SMILES string of the molecule is Cc1cc(-n2cnc(Br)c2)ccc1Br. The first-order valence-corrected chi connectivity index (χ1v) is 5.71. The molecule has 1 heterocycles. The molecule has 0 saturated heterocycles. The number of nitrogens with zero attached hydrogens (tertiary/aromatic N) is 2. The van der Waals surface area contributed by atoms with Crippen LogP contribution < -0.4 is 0 Å². The van der Waals surface area contributed by atoms with E-state index in [0.717, 1.165) is 14.8 Å². The Morgan fingerprint density at radius 3 is 2.64 bits per heavy atom. The van der Waals surface area contributed by atoms with E-state index in [-0.39, 0.29) is 0 Å². The first-order chi connectivity index (χ1) is 6.66. The van der Waals surface area contributed by atoms with E-state index < -0.39 is 0 Å². The van der Waals surface area contributed by atoms with Gasteiger partial charge in [0.25, 0.3) is 0 Å². The van der Waals surface area contributed by atoms with E-state index in [1.54, 1.807) is 6.33 Å². The smallest absolute Gasteiger partial charge is 0.124 e. The second kappa shape index (κ2) is 3.87. The second-order valence-corrected chi connectivity index (χ2v) is 4.70. The van der Waals surface area contributed by atoms with Crippen LogP contribution in [0.2, 0.25) is 0 Å². The summed E-state index contributed by atoms with van der Waals surface area (Å²) >= 11 is 6.79. The summed E-state index contributed by atoms with van der Waals surface area (Å²) < 4.78 is 3.95. The topological polar surface area (TPSA) is 17.8 Å². The number of halogens is 2. The van der Waals surface area contributed by atoms with Gasteiger partial charge in [0.2, 0.25) is 0 Å². The number of benzene rings is 1. The van der Waals surface area contributed by atoms with Gasteiger partial charge in [-0.3, -0.25) is 0 Å². The maximum Gasteiger partial charge on any atom is 0.124 e. The van der Waals surface area contributed by atoms with Crippen molar-refractivity contribution >= 4 is 31.9 Å². The van der Waals surface area contributed by atoms with E-state index in [0.29, 0.717) is 0 Å². The molecule has 0 bridgehead atoms. The van der Waals surface area contributed by atoms with Crippen molar-refractivity contribution in [2.45, 2.75) is 6.92 Å². The maximum absolute atomic E-state index is 4.11. The van der Waals surface area contributed by atoms with E-state index in [2.05, 4.69) is 49.8 Å². The number of rotatable bonds is 1. The van der Waals surface area contributed by atoms with Gasteiger partial charge in [0.1, 0.15) is 10.9 Å². The first kappa shape index (κ1) is 9.93. The van der Waals surface area contributed by atoms with Gasteiger partial charge in [-0.1, -0.05) is 15.9 Å². The van der Waals surface area contributed by atoms with Crippen LogP contribution >= 0.6 is 31.9 Å². The van der Waals surface area contributed by atoms with Crippen molar-refractivity contribution in [3.63, 3.8) is 0 Å². The summed E-state index contributed by atoms with van der Waals surface area (Å²) in [7, 11) is 0. The molecule has 0 aliphatic rings. The van der Waals surface area contributed by atoms with Crippen LogP contribution in [0.25, 0.3) is 5.69 Å². The van der Waals surface area contributed by atoms with Crippen LogP contribution in [-0.4, -0.2) is 9.55 Å². The van der Waals surface area contributed by atoms with Gasteiger partial charge >= 0.3 is 0 Å². The van der Waals surface area contributed by atoms with Gasteiger partial charge in [-0.25, -0.2) is 4.98 Å². The lowest BCUT2D eigenvalue weighted by molar-refractivity contribution is 1.05. The highest BCUT2D eigenvalue weighted by atomic mass is 79.9. The molecule has 0 aliphatic heterocycles. The third-order valence-corrected chi connectivity index (χ3v) is 3.29. The lowest BCUT2D eigenvalue weighted by atomic mass is 10.2. The molecule has 1 aromatic carbocycles. The van der Waals surface area contributed by atoms with Gasteiger partial charge in [-0.15, -0.1) is 0 Å². The summed E-state index contributed by atoms with van der Waals surface area (Å²) in [6, 6.07) is 6.20. The molecule has 0 unspecified atom stereocenters. The Labute approximate surface area is 99.2 Å². The van der Waals surface area contributed by atoms with E-state index in [9.17, 15) is 0 Å². The van der Waals surface area contributed by atoms with E-state index >= 15 is 0 Å². The number of aromatic nitrogens is 2. The minimum Gasteiger partial charge on any atom is -0.305 e. The highest BCUT2D eigenvalue weighted by Crippen LogP contribution is 2.20. The summed E-state index contributed by atoms with van der Waals surface area (Å²) in [5.41, 5.74) is 2.33. The molecule has 0 amide bonds. The summed E-state index contributed by atoms with van der Waals surface area (Å²) in [6.45, 7) is 2.07. The maximum atomic E-state index is 4.11. The fourth-order valence-electron chi connectivity index (χ4n) is 1.23. The molecule has 72 valence electrons. The number of hydrogen-bond acceptors (Lipinski definition) is 1. The Morgan fingerprint density at radius 1 is 1.29 bits per heavy atom. The van der Waals surface area contributed by atoms with Gasteiger partial charge in [-0.05, 0) is 46.6 Å². The zero-order chi connectivity index (χ0) is 10.1. The van der Waals surface area contributed by atoms with Crippen LogP contribution in [0.4, 0.5) is 0 Å². The predicted molar refractivity (Wildman–Crippen MR) is 63.7 cm³/mol. The summed E-state index contributed by atoms with van der Waals surface area (Å²) in [5, 5.41) is 0. The predicted octanol–water partition coefficient (Wildman–Crippen LogP) is 3.71. The molecule has 2 aromatic rings. The molecule has 0 fully saturated rings. The molecule has 2 rings (SSSR count). The van der Waals surface area contributed by atoms with Crippen molar-refractivity contribution in [1.82, 2.24) is 9.55 Å². The van der Waals surface area contributed by atoms with Crippen LogP contribution in [0.15, 0.2) is 39.8 Å². The summed E-state index contributed by atoms with van der Waals surface area (Å²) in [6.07, 6.45) is 3.72. The molecule has 2 nitrogen and oxygen atoms in total. The molecule has 0 atom stereocenters. The van der Waals surface area contributed by atoms with E-state index in [1.807, 2.05) is 22.9 Å². The molecular weight excluding hydrogens is 308 g/mol. The monoisotopic (exact) mass is 314 g/mol. The largest absolute Gasteiger partial charge is 0.305 e. The molecule has 0 aliphatic carbocycles. The number of hydrogen-bond donors (Lipinski definition) is 0. The average molecular weight is 316 g/mol. The Morgan fingerprint density at radius 2 is 2.07 bits per heavy atom. The molecular formula is C10H8Br2N2. The molecule has 1 aromatic heterocycles. The highest BCUT2D eigenvalue weighted by molar-refractivity contribution is 9.10. The first-order valence-electron chi connectivity index (χ1n) is 4.13. The minimum atomic E-state index is 0.845. The third-order valence-electron chi connectivity index (χ3n) is 1.99. The number of imidazole rings is 1. The van der Waals surface area contributed by atoms with Crippen LogP contribution in [0.3, 0.4) is 0 Å². The fourth-order valence-corrected chi connectivity index (χ4v) is 1.79. The van der Waals surface area contributed by atoms with Crippen LogP contribution in [0.1, 0.15) is 5.56 Å². The third kappa shape index (κ3) is 1.91. The molecule has 0 spiro atoms.